The molecule has 6 heteroatoms. The van der Waals surface area contributed by atoms with E-state index in [1.54, 1.807) is 6.92 Å². The van der Waals surface area contributed by atoms with Gasteiger partial charge in [0.1, 0.15) is 5.75 Å². The second-order valence-corrected chi connectivity index (χ2v) is 6.35. The summed E-state index contributed by atoms with van der Waals surface area (Å²) in [5, 5.41) is 11.0. The lowest BCUT2D eigenvalue weighted by Gasteiger charge is -2.26. The largest absolute Gasteiger partial charge is 0.424 e. The predicted octanol–water partition coefficient (Wildman–Crippen LogP) is 4.74. The standard InChI is InChI=1S/C23H21NO5/c1-2-28-22(23(25)29-20-15-9-14-19(16-20)24(26)27)21(17-10-5-3-6-11-17)18-12-7-4-8-13-18/h3-16,21-22H,2H2,1H3. The van der Waals surface area contributed by atoms with Crippen molar-refractivity contribution < 1.29 is 19.2 Å². The molecule has 3 aromatic rings. The number of nitro groups is 1. The molecule has 6 nitrogen and oxygen atoms in total. The Labute approximate surface area is 168 Å². The van der Waals surface area contributed by atoms with Crippen molar-refractivity contribution in [3.63, 3.8) is 0 Å². The molecule has 0 saturated heterocycles. The number of hydrogen-bond acceptors (Lipinski definition) is 5. The number of benzene rings is 3. The van der Waals surface area contributed by atoms with Crippen LogP contribution < -0.4 is 4.74 Å². The summed E-state index contributed by atoms with van der Waals surface area (Å²) < 4.78 is 11.3. The Morgan fingerprint density at radius 3 is 2.03 bits per heavy atom. The first-order valence-electron chi connectivity index (χ1n) is 9.27. The van der Waals surface area contributed by atoms with Gasteiger partial charge in [0.15, 0.2) is 6.10 Å². The molecular formula is C23H21NO5. The van der Waals surface area contributed by atoms with Crippen LogP contribution in [0.3, 0.4) is 0 Å². The zero-order valence-electron chi connectivity index (χ0n) is 15.9. The molecule has 0 radical (unpaired) electrons. The van der Waals surface area contributed by atoms with E-state index < -0.39 is 17.0 Å². The van der Waals surface area contributed by atoms with Gasteiger partial charge in [0.25, 0.3) is 5.69 Å². The monoisotopic (exact) mass is 391 g/mol. The van der Waals surface area contributed by atoms with Crippen LogP contribution in [-0.2, 0) is 9.53 Å². The van der Waals surface area contributed by atoms with Crippen LogP contribution in [0.25, 0.3) is 0 Å². The van der Waals surface area contributed by atoms with Gasteiger partial charge in [-0.15, -0.1) is 0 Å². The number of rotatable bonds is 8. The van der Waals surface area contributed by atoms with E-state index in [-0.39, 0.29) is 17.4 Å². The third-order valence-corrected chi connectivity index (χ3v) is 4.45. The third kappa shape index (κ3) is 5.06. The first-order valence-corrected chi connectivity index (χ1v) is 9.27. The Morgan fingerprint density at radius 1 is 0.931 bits per heavy atom. The van der Waals surface area contributed by atoms with Crippen molar-refractivity contribution in [1.29, 1.82) is 0 Å². The van der Waals surface area contributed by atoms with E-state index in [9.17, 15) is 14.9 Å². The maximum atomic E-state index is 13.1. The van der Waals surface area contributed by atoms with Crippen LogP contribution in [0.2, 0.25) is 0 Å². The molecule has 3 aromatic carbocycles. The highest BCUT2D eigenvalue weighted by Crippen LogP contribution is 2.31. The zero-order valence-corrected chi connectivity index (χ0v) is 15.9. The van der Waals surface area contributed by atoms with Crippen molar-refractivity contribution in [1.82, 2.24) is 0 Å². The third-order valence-electron chi connectivity index (χ3n) is 4.45. The molecule has 0 N–H and O–H groups in total. The minimum Gasteiger partial charge on any atom is -0.424 e. The molecule has 0 spiro atoms. The quantitative estimate of drug-likeness (QED) is 0.240. The van der Waals surface area contributed by atoms with Gasteiger partial charge in [-0.1, -0.05) is 66.7 Å². The highest BCUT2D eigenvalue weighted by Gasteiger charge is 2.33. The average Bonchev–Trinajstić information content (AvgIpc) is 2.75. The first kappa shape index (κ1) is 20.2. The molecule has 0 saturated carbocycles. The number of hydrogen-bond donors (Lipinski definition) is 0. The van der Waals surface area contributed by atoms with Gasteiger partial charge in [-0.2, -0.15) is 0 Å². The summed E-state index contributed by atoms with van der Waals surface area (Å²) in [6.07, 6.45) is -0.913. The molecule has 148 valence electrons. The van der Waals surface area contributed by atoms with Gasteiger partial charge < -0.3 is 9.47 Å². The number of nitro benzene ring substituents is 1. The highest BCUT2D eigenvalue weighted by molar-refractivity contribution is 5.79. The van der Waals surface area contributed by atoms with Crippen molar-refractivity contribution in [3.8, 4) is 5.75 Å². The molecule has 3 rings (SSSR count). The van der Waals surface area contributed by atoms with E-state index in [4.69, 9.17) is 9.47 Å². The van der Waals surface area contributed by atoms with Gasteiger partial charge in [0.2, 0.25) is 0 Å². The summed E-state index contributed by atoms with van der Waals surface area (Å²) in [4.78, 5) is 23.5. The number of nitrogens with zero attached hydrogens (tertiary/aromatic N) is 1. The zero-order chi connectivity index (χ0) is 20.6. The van der Waals surface area contributed by atoms with Crippen molar-refractivity contribution >= 4 is 11.7 Å². The fourth-order valence-electron chi connectivity index (χ4n) is 3.18. The van der Waals surface area contributed by atoms with E-state index in [1.807, 2.05) is 60.7 Å². The lowest BCUT2D eigenvalue weighted by atomic mass is 9.86. The minimum absolute atomic E-state index is 0.105. The number of carbonyl (C=O) groups is 1. The minimum atomic E-state index is -0.913. The summed E-state index contributed by atoms with van der Waals surface area (Å²) in [5.74, 6) is -0.887. The van der Waals surface area contributed by atoms with Gasteiger partial charge in [0, 0.05) is 18.6 Å². The SMILES string of the molecule is CCOC(C(=O)Oc1cccc([N+](=O)[O-])c1)C(c1ccccc1)c1ccccc1. The molecular weight excluding hydrogens is 370 g/mol. The van der Waals surface area contributed by atoms with Gasteiger partial charge in [0.05, 0.1) is 11.0 Å². The molecule has 0 fully saturated rings. The Kier molecular flexibility index (Phi) is 6.71. The molecule has 1 unspecified atom stereocenters. The molecule has 0 bridgehead atoms. The van der Waals surface area contributed by atoms with Crippen LogP contribution in [0.1, 0.15) is 24.0 Å². The molecule has 0 aliphatic rings. The van der Waals surface area contributed by atoms with Crippen molar-refractivity contribution in [2.24, 2.45) is 0 Å². The van der Waals surface area contributed by atoms with Crippen LogP contribution in [0.4, 0.5) is 5.69 Å². The highest BCUT2D eigenvalue weighted by atomic mass is 16.6. The second-order valence-electron chi connectivity index (χ2n) is 6.35. The Bertz CT molecular complexity index is 920. The van der Waals surface area contributed by atoms with E-state index in [1.165, 1.54) is 24.3 Å². The number of ether oxygens (including phenoxy) is 2. The van der Waals surface area contributed by atoms with E-state index in [0.717, 1.165) is 11.1 Å². The summed E-state index contributed by atoms with van der Waals surface area (Å²) in [7, 11) is 0. The Morgan fingerprint density at radius 2 is 1.52 bits per heavy atom. The maximum absolute atomic E-state index is 13.1. The molecule has 0 heterocycles. The summed E-state index contributed by atoms with van der Waals surface area (Å²) in [6.45, 7) is 2.12. The summed E-state index contributed by atoms with van der Waals surface area (Å²) in [5.41, 5.74) is 1.67. The van der Waals surface area contributed by atoms with Gasteiger partial charge in [-0.25, -0.2) is 4.79 Å². The van der Waals surface area contributed by atoms with Crippen LogP contribution >= 0.6 is 0 Å². The number of carbonyl (C=O) groups excluding carboxylic acids is 1. The fourth-order valence-corrected chi connectivity index (χ4v) is 3.18. The normalized spacial score (nSPS) is 11.8. The van der Waals surface area contributed by atoms with Crippen LogP contribution in [0.15, 0.2) is 84.9 Å². The molecule has 29 heavy (non-hydrogen) atoms. The van der Waals surface area contributed by atoms with E-state index >= 15 is 0 Å². The van der Waals surface area contributed by atoms with Crippen LogP contribution in [0, 0.1) is 10.1 Å². The van der Waals surface area contributed by atoms with Crippen LogP contribution in [0.5, 0.6) is 5.75 Å². The predicted molar refractivity (Wildman–Crippen MR) is 109 cm³/mol. The molecule has 0 aromatic heterocycles. The summed E-state index contributed by atoms with van der Waals surface area (Å²) >= 11 is 0. The summed E-state index contributed by atoms with van der Waals surface area (Å²) in [6, 6.07) is 24.7. The van der Waals surface area contributed by atoms with E-state index in [0.29, 0.717) is 6.61 Å². The second kappa shape index (κ2) is 9.61. The van der Waals surface area contributed by atoms with Gasteiger partial charge in [-0.05, 0) is 24.1 Å². The first-order chi connectivity index (χ1) is 14.1. The van der Waals surface area contributed by atoms with Crippen LogP contribution in [-0.4, -0.2) is 23.6 Å². The maximum Gasteiger partial charge on any atom is 0.341 e. The van der Waals surface area contributed by atoms with Crippen molar-refractivity contribution in [3.05, 3.63) is 106 Å². The van der Waals surface area contributed by atoms with Crippen molar-refractivity contribution in [2.75, 3.05) is 6.61 Å². The smallest absolute Gasteiger partial charge is 0.341 e. The van der Waals surface area contributed by atoms with Gasteiger partial charge >= 0.3 is 5.97 Å². The lowest BCUT2D eigenvalue weighted by Crippen LogP contribution is -2.35. The van der Waals surface area contributed by atoms with Crippen molar-refractivity contribution in [2.45, 2.75) is 18.9 Å². The molecule has 0 aliphatic carbocycles. The lowest BCUT2D eigenvalue weighted by molar-refractivity contribution is -0.384. The topological polar surface area (TPSA) is 78.7 Å². The van der Waals surface area contributed by atoms with E-state index in [2.05, 4.69) is 0 Å². The average molecular weight is 391 g/mol. The Hall–Kier alpha value is -3.51. The Balaban J connectivity index is 1.95. The number of esters is 1. The number of non-ortho nitro benzene ring substituents is 1. The molecule has 0 aliphatic heterocycles. The fraction of sp³-hybridized carbons (Fsp3) is 0.174. The molecule has 0 amide bonds. The molecule has 1 atom stereocenters. The van der Waals surface area contributed by atoms with Gasteiger partial charge in [-0.3, -0.25) is 10.1 Å².